The van der Waals surface area contributed by atoms with Crippen LogP contribution in [0.25, 0.3) is 0 Å². The van der Waals surface area contributed by atoms with Crippen LogP contribution in [0.1, 0.15) is 16.8 Å². The third-order valence-electron chi connectivity index (χ3n) is 5.48. The van der Waals surface area contributed by atoms with Gasteiger partial charge in [-0.3, -0.25) is 14.6 Å². The number of hydrogen-bond acceptors (Lipinski definition) is 6. The van der Waals surface area contributed by atoms with Gasteiger partial charge < -0.3 is 19.5 Å². The van der Waals surface area contributed by atoms with Crippen LogP contribution in [0.4, 0.5) is 4.79 Å². The summed E-state index contributed by atoms with van der Waals surface area (Å²) in [6.07, 6.45) is 0.317. The smallest absolute Gasteiger partial charge is 0.410 e. The van der Waals surface area contributed by atoms with Crippen molar-refractivity contribution >= 4 is 12.0 Å². The van der Waals surface area contributed by atoms with Gasteiger partial charge in [-0.05, 0) is 24.6 Å². The van der Waals surface area contributed by atoms with E-state index in [0.29, 0.717) is 25.2 Å². The molecule has 0 spiro atoms. The number of amides is 2. The Bertz CT molecular complexity index is 706. The van der Waals surface area contributed by atoms with Gasteiger partial charge in [-0.2, -0.15) is 0 Å². The Morgan fingerprint density at radius 3 is 2.78 bits per heavy atom. The maximum atomic E-state index is 12.7. The highest BCUT2D eigenvalue weighted by molar-refractivity contribution is 5.95. The zero-order chi connectivity index (χ0) is 18.8. The van der Waals surface area contributed by atoms with Gasteiger partial charge in [0.05, 0.1) is 25.8 Å². The van der Waals surface area contributed by atoms with Crippen LogP contribution in [0.3, 0.4) is 0 Å². The molecule has 27 heavy (non-hydrogen) atoms. The molecule has 1 N–H and O–H groups in total. The van der Waals surface area contributed by atoms with E-state index in [9.17, 15) is 14.7 Å². The van der Waals surface area contributed by atoms with Crippen LogP contribution in [-0.2, 0) is 9.47 Å². The first kappa shape index (κ1) is 18.1. The van der Waals surface area contributed by atoms with Gasteiger partial charge in [-0.1, -0.05) is 6.07 Å². The third-order valence-corrected chi connectivity index (χ3v) is 5.48. The van der Waals surface area contributed by atoms with Crippen molar-refractivity contribution in [2.75, 3.05) is 52.5 Å². The van der Waals surface area contributed by atoms with E-state index in [1.807, 2.05) is 0 Å². The van der Waals surface area contributed by atoms with Crippen molar-refractivity contribution < 1.29 is 24.2 Å². The molecule has 3 saturated heterocycles. The first-order valence-corrected chi connectivity index (χ1v) is 9.47. The molecule has 3 fully saturated rings. The van der Waals surface area contributed by atoms with Crippen LogP contribution >= 0.6 is 0 Å². The lowest BCUT2D eigenvalue weighted by Gasteiger charge is -2.28. The van der Waals surface area contributed by atoms with Crippen molar-refractivity contribution in [2.24, 2.45) is 0 Å². The lowest BCUT2D eigenvalue weighted by atomic mass is 10.2. The van der Waals surface area contributed by atoms with Gasteiger partial charge in [-0.15, -0.1) is 0 Å². The lowest BCUT2D eigenvalue weighted by molar-refractivity contribution is 0.0362. The maximum absolute atomic E-state index is 12.7. The number of fused-ring (bicyclic) bond motifs is 1. The summed E-state index contributed by atoms with van der Waals surface area (Å²) in [7, 11) is 0. The second kappa shape index (κ2) is 7.74. The molecule has 0 saturated carbocycles. The van der Waals surface area contributed by atoms with E-state index in [2.05, 4.69) is 4.90 Å². The minimum atomic E-state index is -0.281. The fourth-order valence-corrected chi connectivity index (χ4v) is 4.04. The highest BCUT2D eigenvalue weighted by Crippen LogP contribution is 2.28. The highest BCUT2D eigenvalue weighted by Gasteiger charge is 2.48. The largest absolute Gasteiger partial charge is 0.508 e. The van der Waals surface area contributed by atoms with Crippen molar-refractivity contribution in [1.29, 1.82) is 0 Å². The fraction of sp³-hybridized carbons (Fsp3) is 0.579. The standard InChI is InChI=1S/C19H25N3O5/c23-15-4-1-3-14(11-15)18(24)21-12-16-17(13-21)27-19(25)22(16)6-2-5-20-7-9-26-10-8-20/h1,3-4,11,16-17,23H,2,5-10,12-13H2/t16-,17+/m1/s1. The molecule has 8 heteroatoms. The average Bonchev–Trinajstić information content (AvgIpc) is 3.20. The first-order chi connectivity index (χ1) is 13.1. The summed E-state index contributed by atoms with van der Waals surface area (Å²) >= 11 is 0. The molecule has 2 amide bonds. The second-order valence-corrected chi connectivity index (χ2v) is 7.25. The quantitative estimate of drug-likeness (QED) is 0.818. The van der Waals surface area contributed by atoms with Crippen LogP contribution in [0.15, 0.2) is 24.3 Å². The number of nitrogens with zero attached hydrogens (tertiary/aromatic N) is 3. The topological polar surface area (TPSA) is 82.5 Å². The molecule has 0 radical (unpaired) electrons. The van der Waals surface area contributed by atoms with Gasteiger partial charge in [0.2, 0.25) is 0 Å². The zero-order valence-electron chi connectivity index (χ0n) is 15.2. The Kier molecular flexibility index (Phi) is 5.18. The van der Waals surface area contributed by atoms with Crippen molar-refractivity contribution in [3.05, 3.63) is 29.8 Å². The molecular weight excluding hydrogens is 350 g/mol. The van der Waals surface area contributed by atoms with Crippen LogP contribution in [-0.4, -0.2) is 96.4 Å². The highest BCUT2D eigenvalue weighted by atomic mass is 16.6. The van der Waals surface area contributed by atoms with E-state index in [-0.39, 0.29) is 29.9 Å². The number of carbonyl (C=O) groups is 2. The van der Waals surface area contributed by atoms with E-state index in [1.165, 1.54) is 12.1 Å². The summed E-state index contributed by atoms with van der Waals surface area (Å²) in [5, 5.41) is 9.59. The van der Waals surface area contributed by atoms with Crippen molar-refractivity contribution in [3.8, 4) is 5.75 Å². The monoisotopic (exact) mass is 375 g/mol. The Hall–Kier alpha value is -2.32. The van der Waals surface area contributed by atoms with Gasteiger partial charge in [0.15, 0.2) is 0 Å². The summed E-state index contributed by atoms with van der Waals surface area (Å²) < 4.78 is 10.8. The summed E-state index contributed by atoms with van der Waals surface area (Å²) in [6.45, 7) is 5.81. The number of ether oxygens (including phenoxy) is 2. The Morgan fingerprint density at radius 2 is 2.00 bits per heavy atom. The molecule has 0 unspecified atom stereocenters. The molecule has 4 rings (SSSR count). The summed E-state index contributed by atoms with van der Waals surface area (Å²) in [5.74, 6) is -0.0824. The van der Waals surface area contributed by atoms with Gasteiger partial charge in [0.25, 0.3) is 5.91 Å². The van der Waals surface area contributed by atoms with Crippen LogP contribution < -0.4 is 0 Å². The van der Waals surface area contributed by atoms with Gasteiger partial charge >= 0.3 is 6.09 Å². The minimum Gasteiger partial charge on any atom is -0.508 e. The third kappa shape index (κ3) is 3.86. The number of benzene rings is 1. The van der Waals surface area contributed by atoms with Crippen molar-refractivity contribution in [3.63, 3.8) is 0 Å². The van der Waals surface area contributed by atoms with E-state index >= 15 is 0 Å². The van der Waals surface area contributed by atoms with Crippen LogP contribution in [0.5, 0.6) is 5.75 Å². The lowest BCUT2D eigenvalue weighted by Crippen LogP contribution is -2.42. The molecule has 0 aliphatic carbocycles. The number of likely N-dealkylation sites (tertiary alicyclic amines) is 1. The number of rotatable bonds is 5. The minimum absolute atomic E-state index is 0.0661. The number of carbonyl (C=O) groups excluding carboxylic acids is 2. The second-order valence-electron chi connectivity index (χ2n) is 7.25. The molecular formula is C19H25N3O5. The average molecular weight is 375 g/mol. The zero-order valence-corrected chi connectivity index (χ0v) is 15.2. The van der Waals surface area contributed by atoms with Crippen molar-refractivity contribution in [1.82, 2.24) is 14.7 Å². The Balaban J connectivity index is 1.33. The molecule has 0 bridgehead atoms. The Morgan fingerprint density at radius 1 is 1.19 bits per heavy atom. The number of aromatic hydroxyl groups is 1. The Labute approximate surface area is 158 Å². The number of phenolic OH excluding ortho intramolecular Hbond substituents is 1. The van der Waals surface area contributed by atoms with E-state index < -0.39 is 0 Å². The van der Waals surface area contributed by atoms with Gasteiger partial charge in [0, 0.05) is 38.3 Å². The molecule has 3 aliphatic rings. The van der Waals surface area contributed by atoms with E-state index in [1.54, 1.807) is 21.9 Å². The van der Waals surface area contributed by atoms with Crippen LogP contribution in [0, 0.1) is 0 Å². The van der Waals surface area contributed by atoms with Gasteiger partial charge in [-0.25, -0.2) is 4.79 Å². The van der Waals surface area contributed by atoms with E-state index in [4.69, 9.17) is 9.47 Å². The molecule has 2 atom stereocenters. The normalized spacial score (nSPS) is 25.6. The molecule has 0 aromatic heterocycles. The number of hydrogen-bond donors (Lipinski definition) is 1. The number of morpholine rings is 1. The summed E-state index contributed by atoms with van der Waals surface area (Å²) in [5.41, 5.74) is 0.445. The molecule has 146 valence electrons. The van der Waals surface area contributed by atoms with Gasteiger partial charge in [0.1, 0.15) is 11.9 Å². The molecule has 1 aromatic carbocycles. The number of phenols is 1. The fourth-order valence-electron chi connectivity index (χ4n) is 4.04. The molecule has 3 aliphatic heterocycles. The SMILES string of the molecule is O=C(c1cccc(O)c1)N1C[C@@H]2OC(=O)N(CCCN3CCOCC3)[C@@H]2C1. The van der Waals surface area contributed by atoms with Crippen LogP contribution in [0.2, 0.25) is 0 Å². The predicted molar refractivity (Wildman–Crippen MR) is 96.6 cm³/mol. The molecule has 1 aromatic rings. The van der Waals surface area contributed by atoms with E-state index in [0.717, 1.165) is 39.3 Å². The first-order valence-electron chi connectivity index (χ1n) is 9.47. The maximum Gasteiger partial charge on any atom is 0.410 e. The summed E-state index contributed by atoms with van der Waals surface area (Å²) in [6, 6.07) is 6.24. The summed E-state index contributed by atoms with van der Waals surface area (Å²) in [4.78, 5) is 30.7. The predicted octanol–water partition coefficient (Wildman–Crippen LogP) is 0.760. The van der Waals surface area contributed by atoms with Crippen molar-refractivity contribution in [2.45, 2.75) is 18.6 Å². The molecule has 3 heterocycles. The molecule has 8 nitrogen and oxygen atoms in total.